The molecular weight excluding hydrogens is 278 g/mol. The Hall–Kier alpha value is -1.44. The number of sulfonamides is 1. The van der Waals surface area contributed by atoms with E-state index in [0.29, 0.717) is 0 Å². The molecule has 0 fully saturated rings. The highest BCUT2D eigenvalue weighted by Gasteiger charge is 2.24. The van der Waals surface area contributed by atoms with Crippen molar-refractivity contribution < 1.29 is 13.2 Å². The Balaban J connectivity index is 2.95. The van der Waals surface area contributed by atoms with Crippen LogP contribution in [0.1, 0.15) is 12.5 Å². The lowest BCUT2D eigenvalue weighted by Crippen LogP contribution is -2.37. The van der Waals surface area contributed by atoms with Crippen LogP contribution in [0.4, 0.5) is 0 Å². The van der Waals surface area contributed by atoms with Gasteiger partial charge >= 0.3 is 0 Å². The summed E-state index contributed by atoms with van der Waals surface area (Å²) in [6.45, 7) is 2.08. The van der Waals surface area contributed by atoms with Crippen LogP contribution in [0.15, 0.2) is 29.2 Å². The molecule has 1 amide bonds. The van der Waals surface area contributed by atoms with Gasteiger partial charge in [-0.15, -0.1) is 0 Å². The van der Waals surface area contributed by atoms with Crippen molar-refractivity contribution in [1.82, 2.24) is 9.62 Å². The highest BCUT2D eigenvalue weighted by atomic mass is 32.2. The lowest BCUT2D eigenvalue weighted by atomic mass is 10.2. The zero-order chi connectivity index (χ0) is 15.3. The third kappa shape index (κ3) is 3.78. The maximum Gasteiger partial charge on any atom is 0.242 e. The van der Waals surface area contributed by atoms with Crippen LogP contribution in [0.2, 0.25) is 0 Å². The van der Waals surface area contributed by atoms with E-state index in [0.717, 1.165) is 5.56 Å². The molecule has 1 aromatic rings. The first-order valence-electron chi connectivity index (χ1n) is 6.30. The summed E-state index contributed by atoms with van der Waals surface area (Å²) in [6.07, 6.45) is 0. The monoisotopic (exact) mass is 299 g/mol. The topological polar surface area (TPSA) is 92.5 Å². The summed E-state index contributed by atoms with van der Waals surface area (Å²) in [5, 5.41) is 2.50. The summed E-state index contributed by atoms with van der Waals surface area (Å²) in [5.74, 6) is -0.611. The first kappa shape index (κ1) is 16.6. The number of nitrogens with two attached hydrogens (primary N) is 1. The summed E-state index contributed by atoms with van der Waals surface area (Å²) in [5.41, 5.74) is 6.26. The Kier molecular flexibility index (Phi) is 5.67. The van der Waals surface area contributed by atoms with Crippen LogP contribution < -0.4 is 11.1 Å². The molecule has 0 aliphatic carbocycles. The minimum Gasteiger partial charge on any atom is -0.359 e. The number of carbonyl (C=O) groups excluding carboxylic acids is 1. The largest absolute Gasteiger partial charge is 0.359 e. The number of carbonyl (C=O) groups is 1. The predicted molar refractivity (Wildman–Crippen MR) is 77.4 cm³/mol. The highest BCUT2D eigenvalue weighted by Crippen LogP contribution is 2.17. The van der Waals surface area contributed by atoms with Gasteiger partial charge in [0.1, 0.15) is 0 Å². The maximum atomic E-state index is 12.4. The standard InChI is InChI=1S/C13H21N3O3S/c1-10(13(17)15-2)9-16(3)20(18,19)12-6-4-5-11(7-12)8-14/h4-7,10H,8-9,14H2,1-3H3,(H,15,17). The molecule has 7 heteroatoms. The second-order valence-corrected chi connectivity index (χ2v) is 6.70. The lowest BCUT2D eigenvalue weighted by Gasteiger charge is -2.20. The smallest absolute Gasteiger partial charge is 0.242 e. The molecule has 0 radical (unpaired) electrons. The molecule has 1 unspecified atom stereocenters. The number of nitrogens with zero attached hydrogens (tertiary/aromatic N) is 1. The molecule has 0 saturated carbocycles. The zero-order valence-electron chi connectivity index (χ0n) is 12.0. The molecule has 0 aliphatic rings. The first-order valence-corrected chi connectivity index (χ1v) is 7.74. The third-order valence-electron chi connectivity index (χ3n) is 3.07. The second-order valence-electron chi connectivity index (χ2n) is 4.65. The summed E-state index contributed by atoms with van der Waals surface area (Å²) in [7, 11) is -0.623. The number of hydrogen-bond donors (Lipinski definition) is 2. The van der Waals surface area contributed by atoms with Crippen molar-refractivity contribution in [2.75, 3.05) is 20.6 Å². The number of hydrogen-bond acceptors (Lipinski definition) is 4. The van der Waals surface area contributed by atoms with Gasteiger partial charge in [-0.05, 0) is 17.7 Å². The average molecular weight is 299 g/mol. The Morgan fingerprint density at radius 3 is 2.65 bits per heavy atom. The van der Waals surface area contributed by atoms with Crippen molar-refractivity contribution in [3.63, 3.8) is 0 Å². The predicted octanol–water partition coefficient (Wildman–Crippen LogP) is 0.148. The van der Waals surface area contributed by atoms with E-state index in [2.05, 4.69) is 5.32 Å². The van der Waals surface area contributed by atoms with Crippen LogP contribution in [0.25, 0.3) is 0 Å². The average Bonchev–Trinajstić information content (AvgIpc) is 2.46. The fraction of sp³-hybridized carbons (Fsp3) is 0.462. The number of benzene rings is 1. The summed E-state index contributed by atoms with van der Waals surface area (Å²) < 4.78 is 26.0. The van der Waals surface area contributed by atoms with Gasteiger partial charge in [0.15, 0.2) is 0 Å². The molecule has 3 N–H and O–H groups in total. The normalized spacial score (nSPS) is 13.2. The fourth-order valence-corrected chi connectivity index (χ4v) is 3.16. The molecule has 0 aromatic heterocycles. The van der Waals surface area contributed by atoms with Crippen LogP contribution in [0.3, 0.4) is 0 Å². The van der Waals surface area contributed by atoms with Crippen molar-refractivity contribution in [2.45, 2.75) is 18.4 Å². The Morgan fingerprint density at radius 1 is 1.45 bits per heavy atom. The van der Waals surface area contributed by atoms with Crippen molar-refractivity contribution in [1.29, 1.82) is 0 Å². The van der Waals surface area contributed by atoms with Crippen molar-refractivity contribution in [2.24, 2.45) is 11.7 Å². The molecule has 0 heterocycles. The molecule has 112 valence electrons. The highest BCUT2D eigenvalue weighted by molar-refractivity contribution is 7.89. The van der Waals surface area contributed by atoms with Gasteiger partial charge in [0, 0.05) is 33.1 Å². The Bertz CT molecular complexity index is 572. The van der Waals surface area contributed by atoms with Gasteiger partial charge in [-0.3, -0.25) is 4.79 Å². The van der Waals surface area contributed by atoms with Crippen LogP contribution in [0, 0.1) is 5.92 Å². The molecule has 0 spiro atoms. The van der Waals surface area contributed by atoms with Gasteiger partial charge in [-0.2, -0.15) is 0 Å². The van der Waals surface area contributed by atoms with Crippen LogP contribution in [-0.2, 0) is 21.4 Å². The summed E-state index contributed by atoms with van der Waals surface area (Å²) in [4.78, 5) is 11.6. The SMILES string of the molecule is CNC(=O)C(C)CN(C)S(=O)(=O)c1cccc(CN)c1. The molecule has 1 atom stereocenters. The molecule has 20 heavy (non-hydrogen) atoms. The molecule has 0 saturated heterocycles. The Labute approximate surface area is 120 Å². The second kappa shape index (κ2) is 6.83. The summed E-state index contributed by atoms with van der Waals surface area (Å²) in [6, 6.07) is 6.50. The minimum atomic E-state index is -3.61. The number of nitrogens with one attached hydrogen (secondary N) is 1. The van der Waals surface area contributed by atoms with Crippen molar-refractivity contribution in [3.8, 4) is 0 Å². The van der Waals surface area contributed by atoms with Gasteiger partial charge < -0.3 is 11.1 Å². The number of amides is 1. The van der Waals surface area contributed by atoms with E-state index < -0.39 is 15.9 Å². The van der Waals surface area contributed by atoms with E-state index in [1.807, 2.05) is 0 Å². The minimum absolute atomic E-state index is 0.120. The van der Waals surface area contributed by atoms with E-state index in [1.54, 1.807) is 25.1 Å². The van der Waals surface area contributed by atoms with Crippen LogP contribution >= 0.6 is 0 Å². The van der Waals surface area contributed by atoms with Crippen LogP contribution in [0.5, 0.6) is 0 Å². The van der Waals surface area contributed by atoms with Crippen molar-refractivity contribution >= 4 is 15.9 Å². The number of rotatable bonds is 6. The lowest BCUT2D eigenvalue weighted by molar-refractivity contribution is -0.124. The van der Waals surface area contributed by atoms with Crippen molar-refractivity contribution in [3.05, 3.63) is 29.8 Å². The third-order valence-corrected chi connectivity index (χ3v) is 4.89. The maximum absolute atomic E-state index is 12.4. The van der Waals surface area contributed by atoms with Crippen LogP contribution in [-0.4, -0.2) is 39.3 Å². The molecule has 1 aromatic carbocycles. The van der Waals surface area contributed by atoms with Gasteiger partial charge in [-0.1, -0.05) is 19.1 Å². The van der Waals surface area contributed by atoms with Gasteiger partial charge in [0.25, 0.3) is 0 Å². The first-order chi connectivity index (χ1) is 9.32. The van der Waals surface area contributed by atoms with Gasteiger partial charge in [0.05, 0.1) is 4.90 Å². The van der Waals surface area contributed by atoms with E-state index in [4.69, 9.17) is 5.73 Å². The molecule has 0 aliphatic heterocycles. The molecule has 1 rings (SSSR count). The molecule has 6 nitrogen and oxygen atoms in total. The van der Waals surface area contributed by atoms with E-state index in [9.17, 15) is 13.2 Å². The fourth-order valence-electron chi connectivity index (χ4n) is 1.83. The van der Waals surface area contributed by atoms with Gasteiger partial charge in [0.2, 0.25) is 15.9 Å². The Morgan fingerprint density at radius 2 is 2.10 bits per heavy atom. The summed E-state index contributed by atoms with van der Waals surface area (Å²) >= 11 is 0. The van der Waals surface area contributed by atoms with E-state index in [-0.39, 0.29) is 23.9 Å². The molecule has 0 bridgehead atoms. The zero-order valence-corrected chi connectivity index (χ0v) is 12.8. The molecular formula is C13H21N3O3S. The quantitative estimate of drug-likeness (QED) is 0.782. The van der Waals surface area contributed by atoms with Gasteiger partial charge in [-0.25, -0.2) is 12.7 Å². The van der Waals surface area contributed by atoms with E-state index >= 15 is 0 Å². The van der Waals surface area contributed by atoms with E-state index in [1.165, 1.54) is 24.5 Å².